The highest BCUT2D eigenvalue weighted by atomic mass is 35.5. The zero-order chi connectivity index (χ0) is 16.8. The van der Waals surface area contributed by atoms with Crippen LogP contribution < -0.4 is 5.32 Å². The molecule has 0 bridgehead atoms. The van der Waals surface area contributed by atoms with Crippen LogP contribution in [0.1, 0.15) is 5.82 Å². The van der Waals surface area contributed by atoms with Crippen molar-refractivity contribution in [3.05, 3.63) is 41.1 Å². The molecule has 3 rings (SSSR count). The Hall–Kier alpha value is -2.19. The lowest BCUT2D eigenvalue weighted by Crippen LogP contribution is -2.04. The quantitative estimate of drug-likeness (QED) is 0.705. The summed E-state index contributed by atoms with van der Waals surface area (Å²) in [5, 5.41) is 3.17. The third-order valence-electron chi connectivity index (χ3n) is 3.16. The smallest absolute Gasteiger partial charge is 0.181 e. The lowest BCUT2D eigenvalue weighted by Gasteiger charge is -2.12. The number of hydrogen-bond donors (Lipinski definition) is 2. The first kappa shape index (κ1) is 15.7. The fourth-order valence-corrected chi connectivity index (χ4v) is 3.26. The first-order valence-corrected chi connectivity index (χ1v) is 8.80. The Bertz CT molecular complexity index is 1020. The third kappa shape index (κ3) is 3.13. The predicted molar refractivity (Wildman–Crippen MR) is 86.4 cm³/mol. The van der Waals surface area contributed by atoms with Crippen molar-refractivity contribution < 1.29 is 12.8 Å². The number of aryl methyl sites for hydroxylation is 1. The van der Waals surface area contributed by atoms with E-state index in [1.807, 2.05) is 0 Å². The SMILES string of the molecule is Cc1nc2nc(Cl)cc(Nc3ccc(F)cc3S(C)(=O)=O)c2[nH]1. The molecule has 1 aromatic carbocycles. The van der Waals surface area contributed by atoms with Crippen molar-refractivity contribution in [2.75, 3.05) is 11.6 Å². The maximum absolute atomic E-state index is 13.4. The number of halogens is 2. The molecule has 2 N–H and O–H groups in total. The van der Waals surface area contributed by atoms with Crippen molar-refractivity contribution >= 4 is 44.0 Å². The van der Waals surface area contributed by atoms with Gasteiger partial charge < -0.3 is 10.3 Å². The van der Waals surface area contributed by atoms with Gasteiger partial charge in [0, 0.05) is 12.3 Å². The van der Waals surface area contributed by atoms with E-state index >= 15 is 0 Å². The Balaban J connectivity index is 2.17. The second-order valence-corrected chi connectivity index (χ2v) is 7.42. The minimum atomic E-state index is -3.61. The molecule has 0 aliphatic rings. The molecule has 0 amide bonds. The summed E-state index contributed by atoms with van der Waals surface area (Å²) in [6.45, 7) is 1.76. The van der Waals surface area contributed by atoms with Crippen molar-refractivity contribution in [1.29, 1.82) is 0 Å². The normalized spacial score (nSPS) is 11.8. The second kappa shape index (κ2) is 5.47. The highest BCUT2D eigenvalue weighted by Crippen LogP contribution is 2.30. The van der Waals surface area contributed by atoms with Crippen molar-refractivity contribution in [3.63, 3.8) is 0 Å². The number of nitrogens with zero attached hydrogens (tertiary/aromatic N) is 2. The van der Waals surface area contributed by atoms with Gasteiger partial charge >= 0.3 is 0 Å². The Morgan fingerprint density at radius 1 is 1.22 bits per heavy atom. The van der Waals surface area contributed by atoms with Gasteiger partial charge in [0.05, 0.1) is 16.3 Å². The molecule has 6 nitrogen and oxygen atoms in total. The highest BCUT2D eigenvalue weighted by Gasteiger charge is 2.17. The average molecular weight is 355 g/mol. The van der Waals surface area contributed by atoms with E-state index in [0.29, 0.717) is 22.7 Å². The molecule has 0 spiro atoms. The minimum Gasteiger partial charge on any atom is -0.353 e. The Kier molecular flexibility index (Phi) is 3.73. The van der Waals surface area contributed by atoms with Crippen molar-refractivity contribution in [2.45, 2.75) is 11.8 Å². The second-order valence-electron chi connectivity index (χ2n) is 5.05. The first-order chi connectivity index (χ1) is 10.7. The molecule has 9 heteroatoms. The standard InChI is InChI=1S/C14H12ClFN4O2S/c1-7-17-13-10(6-12(15)20-14(13)18-7)19-9-4-3-8(16)5-11(9)23(2,21)22/h3-6H,1-2H3,(H2,17,18,19,20). The molecule has 23 heavy (non-hydrogen) atoms. The summed E-state index contributed by atoms with van der Waals surface area (Å²) in [5.74, 6) is 0.00604. The molecule has 0 unspecified atom stereocenters. The van der Waals surface area contributed by atoms with Crippen LogP contribution in [0.4, 0.5) is 15.8 Å². The summed E-state index contributed by atoms with van der Waals surface area (Å²) in [4.78, 5) is 11.2. The number of fused-ring (bicyclic) bond motifs is 1. The van der Waals surface area contributed by atoms with Gasteiger partial charge in [-0.15, -0.1) is 0 Å². The van der Waals surface area contributed by atoms with Crippen LogP contribution in [0.15, 0.2) is 29.2 Å². The fraction of sp³-hybridized carbons (Fsp3) is 0.143. The zero-order valence-electron chi connectivity index (χ0n) is 12.2. The number of pyridine rings is 1. The summed E-state index contributed by atoms with van der Waals surface area (Å²) in [6.07, 6.45) is 1.02. The van der Waals surface area contributed by atoms with Gasteiger partial charge in [0.1, 0.15) is 22.3 Å². The van der Waals surface area contributed by atoms with Gasteiger partial charge in [-0.2, -0.15) is 0 Å². The average Bonchev–Trinajstić information content (AvgIpc) is 2.80. The van der Waals surface area contributed by atoms with Crippen LogP contribution in [-0.4, -0.2) is 29.6 Å². The van der Waals surface area contributed by atoms with E-state index in [0.717, 1.165) is 12.3 Å². The van der Waals surface area contributed by atoms with E-state index in [2.05, 4.69) is 20.3 Å². The minimum absolute atomic E-state index is 0.144. The number of aromatic nitrogens is 3. The lowest BCUT2D eigenvalue weighted by atomic mass is 10.3. The summed E-state index contributed by atoms with van der Waals surface area (Å²) < 4.78 is 37.1. The maximum Gasteiger partial charge on any atom is 0.181 e. The molecule has 0 fully saturated rings. The summed E-state index contributed by atoms with van der Waals surface area (Å²) in [7, 11) is -3.61. The molecule has 0 atom stereocenters. The van der Waals surface area contributed by atoms with E-state index in [1.165, 1.54) is 18.2 Å². The van der Waals surface area contributed by atoms with Gasteiger partial charge in [0.25, 0.3) is 0 Å². The Morgan fingerprint density at radius 2 is 1.96 bits per heavy atom. The van der Waals surface area contributed by atoms with Crippen LogP contribution in [0.5, 0.6) is 0 Å². The Labute approximate surface area is 136 Å². The van der Waals surface area contributed by atoms with Crippen molar-refractivity contribution in [3.8, 4) is 0 Å². The predicted octanol–water partition coefficient (Wildman–Crippen LogP) is 3.21. The van der Waals surface area contributed by atoms with Crippen molar-refractivity contribution in [2.24, 2.45) is 0 Å². The van der Waals surface area contributed by atoms with Gasteiger partial charge in [0.2, 0.25) is 0 Å². The van der Waals surface area contributed by atoms with Crippen LogP contribution in [0, 0.1) is 12.7 Å². The zero-order valence-corrected chi connectivity index (χ0v) is 13.8. The maximum atomic E-state index is 13.4. The van der Waals surface area contributed by atoms with Gasteiger partial charge in [-0.25, -0.2) is 22.8 Å². The molecule has 2 aromatic heterocycles. The largest absolute Gasteiger partial charge is 0.353 e. The Morgan fingerprint density at radius 3 is 2.65 bits per heavy atom. The molecule has 0 saturated heterocycles. The molecular weight excluding hydrogens is 343 g/mol. The molecular formula is C14H12ClFN4O2S. The van der Waals surface area contributed by atoms with Crippen LogP contribution in [0.25, 0.3) is 11.2 Å². The molecule has 0 radical (unpaired) electrons. The fourth-order valence-electron chi connectivity index (χ4n) is 2.22. The van der Waals surface area contributed by atoms with Gasteiger partial charge in [-0.05, 0) is 25.1 Å². The van der Waals surface area contributed by atoms with Gasteiger partial charge in [-0.1, -0.05) is 11.6 Å². The number of anilines is 2. The number of aromatic amines is 1. The highest BCUT2D eigenvalue weighted by molar-refractivity contribution is 7.90. The molecule has 0 aliphatic carbocycles. The van der Waals surface area contributed by atoms with E-state index < -0.39 is 15.7 Å². The van der Waals surface area contributed by atoms with Crippen LogP contribution >= 0.6 is 11.6 Å². The van der Waals surface area contributed by atoms with E-state index in [-0.39, 0.29) is 15.7 Å². The van der Waals surface area contributed by atoms with Crippen LogP contribution in [-0.2, 0) is 9.84 Å². The van der Waals surface area contributed by atoms with E-state index in [1.54, 1.807) is 6.92 Å². The number of benzene rings is 1. The molecule has 120 valence electrons. The third-order valence-corrected chi connectivity index (χ3v) is 4.49. The summed E-state index contributed by atoms with van der Waals surface area (Å²) in [6, 6.07) is 5.04. The van der Waals surface area contributed by atoms with Crippen LogP contribution in [0.3, 0.4) is 0 Å². The molecule has 0 aliphatic heterocycles. The van der Waals surface area contributed by atoms with E-state index in [4.69, 9.17) is 11.6 Å². The summed E-state index contributed by atoms with van der Waals surface area (Å²) >= 11 is 5.97. The van der Waals surface area contributed by atoms with Gasteiger partial charge in [0.15, 0.2) is 15.5 Å². The summed E-state index contributed by atoms with van der Waals surface area (Å²) in [5.41, 5.74) is 1.72. The van der Waals surface area contributed by atoms with E-state index in [9.17, 15) is 12.8 Å². The number of rotatable bonds is 3. The molecule has 2 heterocycles. The number of imidazole rings is 1. The van der Waals surface area contributed by atoms with Gasteiger partial charge in [-0.3, -0.25) is 0 Å². The molecule has 3 aromatic rings. The van der Waals surface area contributed by atoms with Crippen LogP contribution in [0.2, 0.25) is 5.15 Å². The van der Waals surface area contributed by atoms with Crippen molar-refractivity contribution in [1.82, 2.24) is 15.0 Å². The lowest BCUT2D eigenvalue weighted by molar-refractivity contribution is 0.596. The topological polar surface area (TPSA) is 87.7 Å². The monoisotopic (exact) mass is 354 g/mol. The number of sulfone groups is 1. The molecule has 0 saturated carbocycles. The number of hydrogen-bond acceptors (Lipinski definition) is 5. The first-order valence-electron chi connectivity index (χ1n) is 6.53. The number of H-pyrrole nitrogens is 1. The number of nitrogens with one attached hydrogen (secondary N) is 2.